The van der Waals surface area contributed by atoms with Gasteiger partial charge in [-0.2, -0.15) is 0 Å². The van der Waals surface area contributed by atoms with Gasteiger partial charge >= 0.3 is 0 Å². The molecule has 35 heavy (non-hydrogen) atoms. The van der Waals surface area contributed by atoms with Gasteiger partial charge in [0, 0.05) is 18.6 Å². The molecule has 5 heteroatoms. The molecule has 5 nitrogen and oxygen atoms in total. The van der Waals surface area contributed by atoms with Gasteiger partial charge in [0.15, 0.2) is 0 Å². The third kappa shape index (κ3) is 4.93. The molecule has 0 saturated heterocycles. The van der Waals surface area contributed by atoms with Gasteiger partial charge in [-0.25, -0.2) is 0 Å². The summed E-state index contributed by atoms with van der Waals surface area (Å²) in [5.41, 5.74) is 1.96. The van der Waals surface area contributed by atoms with Crippen LogP contribution < -0.4 is 0 Å². The quantitative estimate of drug-likeness (QED) is 0.350. The number of aliphatic hydroxyl groups excluding tert-OH is 3. The molecule has 9 atom stereocenters. The molecule has 0 spiro atoms. The van der Waals surface area contributed by atoms with Crippen molar-refractivity contribution >= 4 is 0 Å². The minimum atomic E-state index is -0.757. The van der Waals surface area contributed by atoms with Crippen molar-refractivity contribution in [1.82, 2.24) is 0 Å². The van der Waals surface area contributed by atoms with E-state index >= 15 is 0 Å². The molecule has 200 valence electrons. The second kappa shape index (κ2) is 10.2. The zero-order chi connectivity index (χ0) is 25.6. The van der Waals surface area contributed by atoms with Gasteiger partial charge < -0.3 is 25.2 Å². The molecule has 0 aromatic rings. The molecule has 0 aromatic carbocycles. The lowest BCUT2D eigenvalue weighted by molar-refractivity contribution is -0.162. The highest BCUT2D eigenvalue weighted by molar-refractivity contribution is 5.40. The second-order valence-electron chi connectivity index (χ2n) is 13.3. The highest BCUT2D eigenvalue weighted by Crippen LogP contribution is 2.66. The van der Waals surface area contributed by atoms with Crippen molar-refractivity contribution < 1.29 is 25.2 Å². The van der Waals surface area contributed by atoms with Crippen LogP contribution in [0, 0.1) is 34.5 Å². The summed E-state index contributed by atoms with van der Waals surface area (Å²) in [4.78, 5) is 0. The van der Waals surface area contributed by atoms with Crippen molar-refractivity contribution in [3.05, 3.63) is 23.3 Å². The monoisotopic (exact) mass is 490 g/mol. The van der Waals surface area contributed by atoms with Crippen LogP contribution in [-0.4, -0.2) is 57.6 Å². The van der Waals surface area contributed by atoms with Crippen LogP contribution in [0.5, 0.6) is 0 Å². The first-order valence-corrected chi connectivity index (χ1v) is 14.2. The first-order chi connectivity index (χ1) is 16.4. The number of ether oxygens (including phenoxy) is 1. The van der Waals surface area contributed by atoms with Gasteiger partial charge in [0.05, 0.1) is 17.8 Å². The number of hydrogen-bond acceptors (Lipinski definition) is 5. The van der Waals surface area contributed by atoms with E-state index in [0.29, 0.717) is 37.2 Å². The van der Waals surface area contributed by atoms with E-state index < -0.39 is 29.3 Å². The summed E-state index contributed by atoms with van der Waals surface area (Å²) in [6.45, 7) is 11.4. The van der Waals surface area contributed by atoms with Crippen LogP contribution in [0.25, 0.3) is 0 Å². The Kier molecular flexibility index (Phi) is 7.97. The average molecular weight is 491 g/mol. The molecule has 4 aliphatic carbocycles. The van der Waals surface area contributed by atoms with E-state index in [0.717, 1.165) is 24.8 Å². The van der Waals surface area contributed by atoms with Crippen LogP contribution in [0.2, 0.25) is 0 Å². The van der Waals surface area contributed by atoms with E-state index in [-0.39, 0.29) is 17.9 Å². The molecule has 3 saturated carbocycles. The molecular weight excluding hydrogens is 440 g/mol. The molecule has 3 fully saturated rings. The fourth-order valence-electron chi connectivity index (χ4n) is 8.57. The molecule has 4 rings (SSSR count). The maximum absolute atomic E-state index is 11.6. The number of rotatable bonds is 9. The number of fused-ring (bicyclic) bond motifs is 5. The third-order valence-electron chi connectivity index (χ3n) is 10.6. The van der Waals surface area contributed by atoms with Gasteiger partial charge in [-0.3, -0.25) is 0 Å². The van der Waals surface area contributed by atoms with E-state index in [2.05, 4.69) is 32.9 Å². The summed E-state index contributed by atoms with van der Waals surface area (Å²) < 4.78 is 5.93. The Hall–Kier alpha value is -0.720. The van der Waals surface area contributed by atoms with E-state index in [4.69, 9.17) is 9.84 Å². The van der Waals surface area contributed by atoms with Gasteiger partial charge in [-0.15, -0.1) is 0 Å². The van der Waals surface area contributed by atoms with Crippen LogP contribution in [0.4, 0.5) is 0 Å². The fourth-order valence-corrected chi connectivity index (χ4v) is 8.57. The zero-order valence-corrected chi connectivity index (χ0v) is 22.7. The van der Waals surface area contributed by atoms with Crippen molar-refractivity contribution in [2.75, 3.05) is 13.2 Å². The van der Waals surface area contributed by atoms with Gasteiger partial charge in [-0.05, 0) is 87.9 Å². The molecule has 0 heterocycles. The second-order valence-corrected chi connectivity index (χ2v) is 13.3. The Balaban J connectivity index is 1.52. The number of aliphatic hydroxyl groups is 4. The van der Waals surface area contributed by atoms with Crippen LogP contribution in [-0.2, 0) is 4.74 Å². The van der Waals surface area contributed by atoms with Crippen molar-refractivity contribution in [3.8, 4) is 0 Å². The summed E-state index contributed by atoms with van der Waals surface area (Å²) in [5.74, 6) is 2.18. The molecule has 4 N–H and O–H groups in total. The highest BCUT2D eigenvalue weighted by atomic mass is 16.5. The van der Waals surface area contributed by atoms with Crippen molar-refractivity contribution in [2.45, 2.75) is 116 Å². The Morgan fingerprint density at radius 3 is 2.51 bits per heavy atom. The van der Waals surface area contributed by atoms with Gasteiger partial charge in [0.2, 0.25) is 0 Å². The molecular formula is C30H50O5. The van der Waals surface area contributed by atoms with E-state index in [9.17, 15) is 15.3 Å². The summed E-state index contributed by atoms with van der Waals surface area (Å²) in [7, 11) is 0. The minimum Gasteiger partial charge on any atom is -0.396 e. The molecule has 0 unspecified atom stereocenters. The predicted octanol–water partition coefficient (Wildman–Crippen LogP) is 4.77. The lowest BCUT2D eigenvalue weighted by Crippen LogP contribution is -2.59. The van der Waals surface area contributed by atoms with E-state index in [1.165, 1.54) is 31.3 Å². The first-order valence-electron chi connectivity index (χ1n) is 14.2. The van der Waals surface area contributed by atoms with Crippen LogP contribution in [0.1, 0.15) is 92.4 Å². The standard InChI is InChI=1S/C30H50O5/c1-19(8-6-14-28(2,3)34)22-11-12-23-21-10-9-20-18-25(32)26(35-17-7-16-31)27(33)30(20,5)24(21)13-15-29(22,23)4/h9-10,19,22-27,31-34H,6-8,11-18H2,1-5H3/t19-,22-,23+,24-,25-,26-,27-,29-,30-/m1/s1. The highest BCUT2D eigenvalue weighted by Gasteiger charge is 2.60. The molecule has 0 bridgehead atoms. The Bertz CT molecular complexity index is 812. The van der Waals surface area contributed by atoms with Crippen molar-refractivity contribution in [3.63, 3.8) is 0 Å². The van der Waals surface area contributed by atoms with Crippen molar-refractivity contribution in [2.24, 2.45) is 34.5 Å². The predicted molar refractivity (Wildman–Crippen MR) is 139 cm³/mol. The Labute approximate surface area is 212 Å². The van der Waals surface area contributed by atoms with E-state index in [1.807, 2.05) is 13.8 Å². The molecule has 0 aromatic heterocycles. The third-order valence-corrected chi connectivity index (χ3v) is 10.6. The Morgan fingerprint density at radius 1 is 1.09 bits per heavy atom. The normalized spacial score (nSPS) is 42.0. The zero-order valence-electron chi connectivity index (χ0n) is 22.7. The van der Waals surface area contributed by atoms with Crippen LogP contribution in [0.3, 0.4) is 0 Å². The molecule has 4 aliphatic rings. The molecule has 0 radical (unpaired) electrons. The number of allylic oxidation sites excluding steroid dienone is 3. The maximum atomic E-state index is 11.6. The summed E-state index contributed by atoms with van der Waals surface area (Å²) in [5, 5.41) is 41.6. The minimum absolute atomic E-state index is 0.0501. The SMILES string of the molecule is C[C@H](CCCC(C)(C)O)[C@H]1CC[C@H]2C3=CC=C4C[C@@H](O)[C@@H](OCCCO)[C@@H](O)[C@@]4(C)[C@@H]3CC[C@]12C. The lowest BCUT2D eigenvalue weighted by Gasteiger charge is -2.57. The summed E-state index contributed by atoms with van der Waals surface area (Å²) in [6, 6.07) is 0. The first kappa shape index (κ1) is 27.3. The summed E-state index contributed by atoms with van der Waals surface area (Å²) >= 11 is 0. The van der Waals surface area contributed by atoms with E-state index in [1.54, 1.807) is 0 Å². The topological polar surface area (TPSA) is 90.2 Å². The fraction of sp³-hybridized carbons (Fsp3) is 0.867. The largest absolute Gasteiger partial charge is 0.396 e. The van der Waals surface area contributed by atoms with Crippen molar-refractivity contribution in [1.29, 1.82) is 0 Å². The molecule has 0 amide bonds. The molecule has 0 aliphatic heterocycles. The Morgan fingerprint density at radius 2 is 1.83 bits per heavy atom. The lowest BCUT2D eigenvalue weighted by atomic mass is 9.49. The van der Waals surface area contributed by atoms with Crippen LogP contribution in [0.15, 0.2) is 23.3 Å². The van der Waals surface area contributed by atoms with Gasteiger partial charge in [0.1, 0.15) is 6.10 Å². The maximum Gasteiger partial charge on any atom is 0.110 e. The smallest absolute Gasteiger partial charge is 0.110 e. The van der Waals surface area contributed by atoms with Crippen LogP contribution >= 0.6 is 0 Å². The number of hydrogen-bond donors (Lipinski definition) is 4. The summed E-state index contributed by atoms with van der Waals surface area (Å²) in [6.07, 6.45) is 11.3. The van der Waals surface area contributed by atoms with Gasteiger partial charge in [0.25, 0.3) is 0 Å². The van der Waals surface area contributed by atoms with Gasteiger partial charge in [-0.1, -0.05) is 56.9 Å². The average Bonchev–Trinajstić information content (AvgIpc) is 3.14.